The number of fused-ring (bicyclic) bond motifs is 1. The fraction of sp³-hybridized carbons (Fsp3) is 0.238. The SMILES string of the molecule is COC(=O)CC(NC(=O)CCN1C(=O)c2ccccc2C1=O)c1ccc(Cl)cc1. The van der Waals surface area contributed by atoms with E-state index in [4.69, 9.17) is 16.3 Å². The maximum Gasteiger partial charge on any atom is 0.307 e. The van der Waals surface area contributed by atoms with E-state index >= 15 is 0 Å². The molecule has 0 aromatic heterocycles. The minimum absolute atomic E-state index is 0.0518. The molecule has 0 saturated heterocycles. The average Bonchev–Trinajstić information content (AvgIpc) is 2.97. The standard InChI is InChI=1S/C21H19ClN2O5/c1-29-19(26)12-17(13-6-8-14(22)9-7-13)23-18(25)10-11-24-20(27)15-4-2-3-5-16(15)21(24)28/h2-9,17H,10-12H2,1H3,(H,23,25). The van der Waals surface area contributed by atoms with Crippen molar-refractivity contribution in [2.24, 2.45) is 0 Å². The van der Waals surface area contributed by atoms with E-state index in [1.807, 2.05) is 0 Å². The predicted octanol–water partition coefficient (Wildman–Crippen LogP) is 2.75. The normalized spacial score (nSPS) is 13.8. The number of nitrogens with one attached hydrogen (secondary N) is 1. The van der Waals surface area contributed by atoms with Crippen LogP contribution in [-0.2, 0) is 14.3 Å². The second-order valence-corrected chi connectivity index (χ2v) is 6.95. The first-order valence-electron chi connectivity index (χ1n) is 8.97. The van der Waals surface area contributed by atoms with Crippen molar-refractivity contribution in [1.82, 2.24) is 10.2 Å². The summed E-state index contributed by atoms with van der Waals surface area (Å²) in [6, 6.07) is 12.7. The number of methoxy groups -OCH3 is 1. The molecule has 1 atom stereocenters. The highest BCUT2D eigenvalue weighted by atomic mass is 35.5. The number of halogens is 1. The lowest BCUT2D eigenvalue weighted by Gasteiger charge is -2.19. The van der Waals surface area contributed by atoms with Gasteiger partial charge in [-0.25, -0.2) is 0 Å². The number of hydrogen-bond donors (Lipinski definition) is 1. The zero-order valence-electron chi connectivity index (χ0n) is 15.7. The number of carbonyl (C=O) groups is 4. The van der Waals surface area contributed by atoms with Gasteiger partial charge in [0.2, 0.25) is 5.91 Å². The number of ether oxygens (including phenoxy) is 1. The summed E-state index contributed by atoms with van der Waals surface area (Å²) in [5, 5.41) is 3.29. The lowest BCUT2D eigenvalue weighted by atomic mass is 10.0. The van der Waals surface area contributed by atoms with Gasteiger partial charge >= 0.3 is 5.97 Å². The monoisotopic (exact) mass is 414 g/mol. The number of nitrogens with zero attached hydrogens (tertiary/aromatic N) is 1. The zero-order chi connectivity index (χ0) is 21.0. The molecule has 1 N–H and O–H groups in total. The Kier molecular flexibility index (Phi) is 6.29. The molecule has 0 radical (unpaired) electrons. The molecule has 3 amide bonds. The Morgan fingerprint density at radius 1 is 1.03 bits per heavy atom. The molecule has 150 valence electrons. The van der Waals surface area contributed by atoms with Crippen LogP contribution >= 0.6 is 11.6 Å². The van der Waals surface area contributed by atoms with Crippen molar-refractivity contribution in [1.29, 1.82) is 0 Å². The van der Waals surface area contributed by atoms with Gasteiger partial charge in [-0.1, -0.05) is 35.9 Å². The van der Waals surface area contributed by atoms with E-state index in [1.165, 1.54) is 7.11 Å². The highest BCUT2D eigenvalue weighted by Gasteiger charge is 2.35. The molecule has 8 heteroatoms. The van der Waals surface area contributed by atoms with Gasteiger partial charge in [0.1, 0.15) is 0 Å². The van der Waals surface area contributed by atoms with Crippen LogP contribution in [0.3, 0.4) is 0 Å². The molecule has 0 bridgehead atoms. The van der Waals surface area contributed by atoms with E-state index in [0.717, 1.165) is 4.90 Å². The van der Waals surface area contributed by atoms with E-state index in [-0.39, 0.29) is 19.4 Å². The van der Waals surface area contributed by atoms with Gasteiger partial charge in [-0.3, -0.25) is 24.1 Å². The van der Waals surface area contributed by atoms with E-state index in [9.17, 15) is 19.2 Å². The fourth-order valence-electron chi connectivity index (χ4n) is 3.12. The van der Waals surface area contributed by atoms with Crippen molar-refractivity contribution in [3.63, 3.8) is 0 Å². The maximum absolute atomic E-state index is 12.5. The second kappa shape index (κ2) is 8.87. The van der Waals surface area contributed by atoms with Crippen LogP contribution in [0.4, 0.5) is 0 Å². The number of carbonyl (C=O) groups excluding carboxylic acids is 4. The summed E-state index contributed by atoms with van der Waals surface area (Å²) < 4.78 is 4.70. The molecular weight excluding hydrogens is 396 g/mol. The molecule has 0 saturated carbocycles. The van der Waals surface area contributed by atoms with Crippen LogP contribution in [0.15, 0.2) is 48.5 Å². The minimum atomic E-state index is -0.616. The van der Waals surface area contributed by atoms with Crippen LogP contribution in [0.25, 0.3) is 0 Å². The summed E-state index contributed by atoms with van der Waals surface area (Å²) in [4.78, 5) is 50.0. The fourth-order valence-corrected chi connectivity index (χ4v) is 3.25. The summed E-state index contributed by atoms with van der Waals surface area (Å²) in [6.07, 6.45) is -0.145. The molecule has 1 unspecified atom stereocenters. The molecule has 1 aliphatic heterocycles. The predicted molar refractivity (Wildman–Crippen MR) is 105 cm³/mol. The Labute approximate surface area is 172 Å². The van der Waals surface area contributed by atoms with E-state index in [0.29, 0.717) is 21.7 Å². The van der Waals surface area contributed by atoms with Crippen LogP contribution < -0.4 is 5.32 Å². The molecule has 1 aliphatic rings. The summed E-state index contributed by atoms with van der Waals surface area (Å²) in [5.41, 5.74) is 1.36. The van der Waals surface area contributed by atoms with E-state index < -0.39 is 29.7 Å². The molecule has 3 rings (SSSR count). The van der Waals surface area contributed by atoms with E-state index in [2.05, 4.69) is 5.32 Å². The Morgan fingerprint density at radius 2 is 1.62 bits per heavy atom. The van der Waals surface area contributed by atoms with Crippen LogP contribution in [0.1, 0.15) is 45.2 Å². The Bertz CT molecular complexity index is 923. The van der Waals surface area contributed by atoms with Gasteiger partial charge in [0, 0.05) is 18.0 Å². The highest BCUT2D eigenvalue weighted by molar-refractivity contribution is 6.30. The first-order chi connectivity index (χ1) is 13.9. The molecule has 0 spiro atoms. The lowest BCUT2D eigenvalue weighted by Crippen LogP contribution is -2.36. The molecule has 0 aliphatic carbocycles. The summed E-state index contributed by atoms with van der Waals surface area (Å²) >= 11 is 5.89. The van der Waals surface area contributed by atoms with Gasteiger partial charge in [0.15, 0.2) is 0 Å². The van der Waals surface area contributed by atoms with Crippen molar-refractivity contribution in [3.8, 4) is 0 Å². The van der Waals surface area contributed by atoms with Gasteiger partial charge in [-0.15, -0.1) is 0 Å². The molecular formula is C21H19ClN2O5. The number of amides is 3. The van der Waals surface area contributed by atoms with Crippen molar-refractivity contribution < 1.29 is 23.9 Å². The van der Waals surface area contributed by atoms with Crippen LogP contribution in [-0.4, -0.2) is 42.2 Å². The first-order valence-corrected chi connectivity index (χ1v) is 9.35. The van der Waals surface area contributed by atoms with Gasteiger partial charge in [0.05, 0.1) is 30.7 Å². The number of esters is 1. The van der Waals surface area contributed by atoms with Gasteiger partial charge < -0.3 is 10.1 Å². The van der Waals surface area contributed by atoms with Crippen molar-refractivity contribution >= 4 is 35.3 Å². The topological polar surface area (TPSA) is 92.8 Å². The van der Waals surface area contributed by atoms with Gasteiger partial charge in [-0.05, 0) is 29.8 Å². The molecule has 2 aromatic carbocycles. The highest BCUT2D eigenvalue weighted by Crippen LogP contribution is 2.23. The van der Waals surface area contributed by atoms with Crippen LogP contribution in [0, 0.1) is 0 Å². The number of hydrogen-bond acceptors (Lipinski definition) is 5. The Morgan fingerprint density at radius 3 is 2.17 bits per heavy atom. The van der Waals surface area contributed by atoms with Gasteiger partial charge in [0.25, 0.3) is 11.8 Å². The molecule has 29 heavy (non-hydrogen) atoms. The number of imide groups is 1. The molecule has 7 nitrogen and oxygen atoms in total. The van der Waals surface area contributed by atoms with Gasteiger partial charge in [-0.2, -0.15) is 0 Å². The smallest absolute Gasteiger partial charge is 0.307 e. The van der Waals surface area contributed by atoms with E-state index in [1.54, 1.807) is 48.5 Å². The minimum Gasteiger partial charge on any atom is -0.469 e. The van der Waals surface area contributed by atoms with Crippen molar-refractivity contribution in [2.45, 2.75) is 18.9 Å². The lowest BCUT2D eigenvalue weighted by molar-refractivity contribution is -0.141. The zero-order valence-corrected chi connectivity index (χ0v) is 16.4. The Balaban J connectivity index is 1.64. The first kappa shape index (κ1) is 20.5. The van der Waals surface area contributed by atoms with Crippen molar-refractivity contribution in [3.05, 3.63) is 70.2 Å². The number of benzene rings is 2. The summed E-state index contributed by atoms with van der Waals surface area (Å²) in [6.45, 7) is -0.0518. The van der Waals surface area contributed by atoms with Crippen LogP contribution in [0.5, 0.6) is 0 Å². The Hall–Kier alpha value is -3.19. The third kappa shape index (κ3) is 4.63. The maximum atomic E-state index is 12.5. The molecule has 0 fully saturated rings. The summed E-state index contributed by atoms with van der Waals surface area (Å²) in [7, 11) is 1.27. The molecule has 1 heterocycles. The largest absolute Gasteiger partial charge is 0.469 e. The van der Waals surface area contributed by atoms with Crippen molar-refractivity contribution in [2.75, 3.05) is 13.7 Å². The average molecular weight is 415 g/mol. The third-order valence-corrected chi connectivity index (χ3v) is 4.90. The molecule has 2 aromatic rings. The number of rotatable bonds is 7. The second-order valence-electron chi connectivity index (χ2n) is 6.51. The third-order valence-electron chi connectivity index (χ3n) is 4.65. The quantitative estimate of drug-likeness (QED) is 0.555. The summed E-state index contributed by atoms with van der Waals surface area (Å²) in [5.74, 6) is -1.71. The van der Waals surface area contributed by atoms with Crippen LogP contribution in [0.2, 0.25) is 5.02 Å².